The van der Waals surface area contributed by atoms with Crippen molar-refractivity contribution in [1.82, 2.24) is 4.90 Å². The highest BCUT2D eigenvalue weighted by molar-refractivity contribution is 6.30. The summed E-state index contributed by atoms with van der Waals surface area (Å²) in [6, 6.07) is 6.60. The molecule has 1 aliphatic rings. The minimum absolute atomic E-state index is 0.188. The van der Waals surface area contributed by atoms with Gasteiger partial charge in [0.15, 0.2) is 11.5 Å². The number of rotatable bonds is 17. The van der Waals surface area contributed by atoms with Crippen LogP contribution in [0.1, 0.15) is 115 Å². The second-order valence-electron chi connectivity index (χ2n) is 9.37. The minimum atomic E-state index is -0.533. The number of hydrogen-bond donors (Lipinski definition) is 1. The fraction of sp³-hybridized carbons (Fsp3) is 0.643. The lowest BCUT2D eigenvalue weighted by molar-refractivity contribution is -0.129. The fourth-order valence-electron chi connectivity index (χ4n) is 4.71. The van der Waals surface area contributed by atoms with Crippen molar-refractivity contribution in [2.45, 2.75) is 110 Å². The van der Waals surface area contributed by atoms with E-state index in [2.05, 4.69) is 6.92 Å². The molecule has 0 spiro atoms. The van der Waals surface area contributed by atoms with Gasteiger partial charge in [-0.25, -0.2) is 0 Å². The summed E-state index contributed by atoms with van der Waals surface area (Å²) in [4.78, 5) is 26.5. The molecular weight excluding hydrogens is 434 g/mol. The molecular formula is C28H42ClNO3. The Morgan fingerprint density at radius 3 is 1.76 bits per heavy atom. The van der Waals surface area contributed by atoms with Crippen molar-refractivity contribution in [2.24, 2.45) is 0 Å². The van der Waals surface area contributed by atoms with Crippen molar-refractivity contribution in [3.63, 3.8) is 0 Å². The Labute approximate surface area is 205 Å². The number of benzene rings is 1. The van der Waals surface area contributed by atoms with E-state index in [9.17, 15) is 14.7 Å². The predicted molar refractivity (Wildman–Crippen MR) is 137 cm³/mol. The van der Waals surface area contributed by atoms with Gasteiger partial charge in [0.1, 0.15) is 0 Å². The van der Waals surface area contributed by atoms with E-state index in [1.54, 1.807) is 17.0 Å². The van der Waals surface area contributed by atoms with Gasteiger partial charge in [-0.1, -0.05) is 114 Å². The summed E-state index contributed by atoms with van der Waals surface area (Å²) in [5, 5.41) is 10.9. The van der Waals surface area contributed by atoms with Crippen molar-refractivity contribution in [2.75, 3.05) is 6.54 Å². The van der Waals surface area contributed by atoms with Gasteiger partial charge in [0, 0.05) is 11.6 Å². The van der Waals surface area contributed by atoms with E-state index in [1.807, 2.05) is 12.1 Å². The van der Waals surface area contributed by atoms with Gasteiger partial charge in [0.2, 0.25) is 0 Å². The van der Waals surface area contributed by atoms with Crippen LogP contribution in [-0.4, -0.2) is 28.2 Å². The molecule has 1 amide bonds. The van der Waals surface area contributed by atoms with Crippen LogP contribution in [0.5, 0.6) is 0 Å². The smallest absolute Gasteiger partial charge is 0.290 e. The van der Waals surface area contributed by atoms with E-state index in [0.717, 1.165) is 24.8 Å². The predicted octanol–water partition coefficient (Wildman–Crippen LogP) is 8.11. The maximum atomic E-state index is 12.7. The molecule has 2 rings (SSSR count). The number of carbonyl (C=O) groups is 2. The second-order valence-corrected chi connectivity index (χ2v) is 9.80. The number of aliphatic hydroxyl groups is 1. The third kappa shape index (κ3) is 8.81. The van der Waals surface area contributed by atoms with E-state index < -0.39 is 17.7 Å². The van der Waals surface area contributed by atoms with E-state index in [0.29, 0.717) is 11.6 Å². The number of halogens is 1. The number of ketones is 1. The highest BCUT2D eigenvalue weighted by atomic mass is 35.5. The molecule has 1 heterocycles. The SMILES string of the molecule is CCCCCCCCCCCCCCCCN1C(=O)C(O)=C(C(C)=O)[C@@H]1c1ccc(Cl)cc1. The van der Waals surface area contributed by atoms with Crippen molar-refractivity contribution in [3.8, 4) is 0 Å². The fourth-order valence-corrected chi connectivity index (χ4v) is 4.84. The number of aliphatic hydroxyl groups excluding tert-OH is 1. The lowest BCUT2D eigenvalue weighted by Crippen LogP contribution is -2.32. The van der Waals surface area contributed by atoms with Crippen LogP contribution >= 0.6 is 11.6 Å². The molecule has 0 saturated heterocycles. The van der Waals surface area contributed by atoms with Gasteiger partial charge in [0.05, 0.1) is 11.6 Å². The summed E-state index contributed by atoms with van der Waals surface area (Å²) in [5.74, 6) is -1.13. The molecule has 1 N–H and O–H groups in total. The molecule has 4 nitrogen and oxygen atoms in total. The van der Waals surface area contributed by atoms with Crippen LogP contribution < -0.4 is 0 Å². The molecule has 33 heavy (non-hydrogen) atoms. The van der Waals surface area contributed by atoms with Crippen LogP contribution in [0, 0.1) is 0 Å². The molecule has 0 unspecified atom stereocenters. The van der Waals surface area contributed by atoms with E-state index in [1.165, 1.54) is 77.6 Å². The van der Waals surface area contributed by atoms with Crippen LogP contribution in [0.4, 0.5) is 0 Å². The summed E-state index contributed by atoms with van der Waals surface area (Å²) in [5.41, 5.74) is 0.986. The Hall–Kier alpha value is -1.81. The summed E-state index contributed by atoms with van der Waals surface area (Å²) in [6.07, 6.45) is 17.9. The Morgan fingerprint density at radius 2 is 1.30 bits per heavy atom. The first-order valence-corrected chi connectivity index (χ1v) is 13.4. The van der Waals surface area contributed by atoms with Gasteiger partial charge in [-0.15, -0.1) is 0 Å². The van der Waals surface area contributed by atoms with Gasteiger partial charge in [-0.05, 0) is 31.0 Å². The molecule has 1 aromatic carbocycles. The van der Waals surface area contributed by atoms with Crippen LogP contribution in [0.15, 0.2) is 35.6 Å². The first-order chi connectivity index (χ1) is 16.0. The summed E-state index contributed by atoms with van der Waals surface area (Å²) < 4.78 is 0. The highest BCUT2D eigenvalue weighted by Crippen LogP contribution is 2.38. The lowest BCUT2D eigenvalue weighted by Gasteiger charge is -2.26. The van der Waals surface area contributed by atoms with E-state index in [-0.39, 0.29) is 11.4 Å². The lowest BCUT2D eigenvalue weighted by atomic mass is 9.96. The summed E-state index contributed by atoms with van der Waals surface area (Å²) >= 11 is 6.00. The summed E-state index contributed by atoms with van der Waals surface area (Å²) in [7, 11) is 0. The van der Waals surface area contributed by atoms with E-state index in [4.69, 9.17) is 11.6 Å². The van der Waals surface area contributed by atoms with Crippen LogP contribution in [0.3, 0.4) is 0 Å². The quantitative estimate of drug-likeness (QED) is 0.231. The molecule has 5 heteroatoms. The van der Waals surface area contributed by atoms with Crippen molar-refractivity contribution < 1.29 is 14.7 Å². The van der Waals surface area contributed by atoms with Gasteiger partial charge in [-0.3, -0.25) is 9.59 Å². The Morgan fingerprint density at radius 1 is 0.848 bits per heavy atom. The molecule has 0 saturated carbocycles. The van der Waals surface area contributed by atoms with Crippen molar-refractivity contribution in [3.05, 3.63) is 46.2 Å². The molecule has 1 aliphatic heterocycles. The van der Waals surface area contributed by atoms with Gasteiger partial charge < -0.3 is 10.0 Å². The Balaban J connectivity index is 1.68. The number of Topliss-reactive ketones (excluding diaryl/α,β-unsaturated/α-hetero) is 1. The number of nitrogens with zero attached hydrogens (tertiary/aromatic N) is 1. The first kappa shape index (κ1) is 27.4. The zero-order chi connectivity index (χ0) is 24.1. The normalized spacial score (nSPS) is 16.2. The van der Waals surface area contributed by atoms with Crippen LogP contribution in [-0.2, 0) is 9.59 Å². The molecule has 0 radical (unpaired) electrons. The second kappa shape index (κ2) is 15.2. The van der Waals surface area contributed by atoms with Crippen molar-refractivity contribution >= 4 is 23.3 Å². The summed E-state index contributed by atoms with van der Waals surface area (Å²) in [6.45, 7) is 4.19. The third-order valence-electron chi connectivity index (χ3n) is 6.62. The number of carbonyl (C=O) groups excluding carboxylic acids is 2. The molecule has 0 bridgehead atoms. The monoisotopic (exact) mass is 475 g/mol. The molecule has 0 aliphatic carbocycles. The van der Waals surface area contributed by atoms with Gasteiger partial charge in [0.25, 0.3) is 5.91 Å². The number of amides is 1. The molecule has 184 valence electrons. The highest BCUT2D eigenvalue weighted by Gasteiger charge is 2.41. The molecule has 0 aromatic heterocycles. The topological polar surface area (TPSA) is 57.6 Å². The standard InChI is InChI=1S/C28H42ClNO3/c1-3-4-5-6-7-8-9-10-11-12-13-14-15-16-21-30-26(23-17-19-24(29)20-18-23)25(22(2)31)27(32)28(30)33/h17-20,26,32H,3-16,21H2,1-2H3/t26-/m0/s1. The average molecular weight is 476 g/mol. The van der Waals surface area contributed by atoms with Gasteiger partial charge in [-0.2, -0.15) is 0 Å². The maximum absolute atomic E-state index is 12.7. The Kier molecular flexibility index (Phi) is 12.6. The largest absolute Gasteiger partial charge is 0.503 e. The Bertz CT molecular complexity index is 772. The maximum Gasteiger partial charge on any atom is 0.290 e. The van der Waals surface area contributed by atoms with Crippen LogP contribution in [0.2, 0.25) is 5.02 Å². The minimum Gasteiger partial charge on any atom is -0.503 e. The third-order valence-corrected chi connectivity index (χ3v) is 6.87. The first-order valence-electron chi connectivity index (χ1n) is 13.0. The molecule has 1 aromatic rings. The van der Waals surface area contributed by atoms with Crippen LogP contribution in [0.25, 0.3) is 0 Å². The zero-order valence-electron chi connectivity index (χ0n) is 20.6. The van der Waals surface area contributed by atoms with E-state index >= 15 is 0 Å². The average Bonchev–Trinajstić information content (AvgIpc) is 3.05. The number of unbranched alkanes of at least 4 members (excludes halogenated alkanes) is 13. The number of hydrogen-bond acceptors (Lipinski definition) is 3. The van der Waals surface area contributed by atoms with Gasteiger partial charge >= 0.3 is 0 Å². The molecule has 0 fully saturated rings. The zero-order valence-corrected chi connectivity index (χ0v) is 21.3. The molecule has 1 atom stereocenters. The van der Waals surface area contributed by atoms with Crippen molar-refractivity contribution in [1.29, 1.82) is 0 Å².